The molecule has 0 aromatic heterocycles. The lowest BCUT2D eigenvalue weighted by molar-refractivity contribution is 0.0378. The highest BCUT2D eigenvalue weighted by atomic mass is 14.6. The molecule has 4 aliphatic rings. The molecule has 0 N–H and O–H groups in total. The SMILES string of the molecule is C=C1C(=C)C2C3CCC(CC3)C12. The Bertz CT molecular complexity index is 225. The fraction of sp³-hybridized carbons (Fsp3) is 0.667. The monoisotopic (exact) mass is 160 g/mol. The molecule has 0 saturated heterocycles. The summed E-state index contributed by atoms with van der Waals surface area (Å²) in [6, 6.07) is 0. The Labute approximate surface area is 74.4 Å². The average Bonchev–Trinajstić information content (AvgIpc) is 2.17. The highest BCUT2D eigenvalue weighted by molar-refractivity contribution is 5.44. The largest absolute Gasteiger partial charge is 0.0953 e. The molecule has 2 bridgehead atoms. The molecule has 0 radical (unpaired) electrons. The van der Waals surface area contributed by atoms with Crippen molar-refractivity contribution in [1.82, 2.24) is 0 Å². The first-order chi connectivity index (χ1) is 5.79. The summed E-state index contributed by atoms with van der Waals surface area (Å²) in [4.78, 5) is 0. The molecule has 4 rings (SSSR count). The zero-order chi connectivity index (χ0) is 8.29. The number of rotatable bonds is 0. The molecule has 0 aliphatic heterocycles. The van der Waals surface area contributed by atoms with Crippen LogP contribution in [0.2, 0.25) is 0 Å². The minimum atomic E-state index is 0.866. The summed E-state index contributed by atoms with van der Waals surface area (Å²) in [6.07, 6.45) is 5.88. The van der Waals surface area contributed by atoms with Crippen molar-refractivity contribution in [3.63, 3.8) is 0 Å². The van der Waals surface area contributed by atoms with Crippen LogP contribution in [0.1, 0.15) is 25.7 Å². The lowest BCUT2D eigenvalue weighted by atomic mass is 9.47. The maximum atomic E-state index is 4.14. The second kappa shape index (κ2) is 2.04. The molecule has 64 valence electrons. The predicted octanol–water partition coefficient (Wildman–Crippen LogP) is 3.16. The zero-order valence-corrected chi connectivity index (χ0v) is 7.55. The minimum Gasteiger partial charge on any atom is -0.0953 e. The molecule has 4 fully saturated rings. The van der Waals surface area contributed by atoms with Gasteiger partial charge in [-0.05, 0) is 60.5 Å². The molecule has 2 unspecified atom stereocenters. The highest BCUT2D eigenvalue weighted by Crippen LogP contribution is 2.61. The van der Waals surface area contributed by atoms with Crippen LogP contribution in [0.15, 0.2) is 24.3 Å². The van der Waals surface area contributed by atoms with Gasteiger partial charge in [0.2, 0.25) is 0 Å². The van der Waals surface area contributed by atoms with E-state index in [4.69, 9.17) is 0 Å². The summed E-state index contributed by atoms with van der Waals surface area (Å²) in [5, 5.41) is 0. The highest BCUT2D eigenvalue weighted by Gasteiger charge is 2.52. The molecule has 0 aromatic rings. The standard InChI is InChI=1S/C12H16/c1-7-8(2)12-10-5-3-9(4-6-10)11(7)12/h9-12H,1-6H2. The zero-order valence-electron chi connectivity index (χ0n) is 7.55. The van der Waals surface area contributed by atoms with Crippen molar-refractivity contribution in [2.24, 2.45) is 23.7 Å². The number of hydrogen-bond donors (Lipinski definition) is 0. The average molecular weight is 160 g/mol. The van der Waals surface area contributed by atoms with E-state index in [-0.39, 0.29) is 0 Å². The summed E-state index contributed by atoms with van der Waals surface area (Å²) < 4.78 is 0. The van der Waals surface area contributed by atoms with E-state index in [0.29, 0.717) is 0 Å². The third-order valence-electron chi connectivity index (χ3n) is 4.44. The van der Waals surface area contributed by atoms with Gasteiger partial charge in [0.1, 0.15) is 0 Å². The van der Waals surface area contributed by atoms with Crippen LogP contribution < -0.4 is 0 Å². The fourth-order valence-electron chi connectivity index (χ4n) is 3.78. The van der Waals surface area contributed by atoms with E-state index in [9.17, 15) is 0 Å². The first-order valence-corrected chi connectivity index (χ1v) is 5.17. The molecule has 0 spiro atoms. The quantitative estimate of drug-likeness (QED) is 0.510. The van der Waals surface area contributed by atoms with Gasteiger partial charge in [-0.3, -0.25) is 0 Å². The van der Waals surface area contributed by atoms with Crippen molar-refractivity contribution in [1.29, 1.82) is 0 Å². The Morgan fingerprint density at radius 3 is 1.42 bits per heavy atom. The smallest absolute Gasteiger partial charge is 0.00654 e. The van der Waals surface area contributed by atoms with Gasteiger partial charge in [0.25, 0.3) is 0 Å². The summed E-state index contributed by atoms with van der Waals surface area (Å²) in [6.45, 7) is 8.29. The maximum absolute atomic E-state index is 4.14. The van der Waals surface area contributed by atoms with E-state index in [1.165, 1.54) is 36.8 Å². The van der Waals surface area contributed by atoms with Gasteiger partial charge in [-0.15, -0.1) is 0 Å². The summed E-state index contributed by atoms with van der Waals surface area (Å²) >= 11 is 0. The topological polar surface area (TPSA) is 0 Å². The van der Waals surface area contributed by atoms with Gasteiger partial charge >= 0.3 is 0 Å². The molecule has 4 saturated carbocycles. The van der Waals surface area contributed by atoms with Crippen LogP contribution in [-0.2, 0) is 0 Å². The molecule has 12 heavy (non-hydrogen) atoms. The number of fused-ring (bicyclic) bond motifs is 2. The first-order valence-electron chi connectivity index (χ1n) is 5.17. The van der Waals surface area contributed by atoms with E-state index in [1.807, 2.05) is 0 Å². The summed E-state index contributed by atoms with van der Waals surface area (Å²) in [7, 11) is 0. The van der Waals surface area contributed by atoms with E-state index >= 15 is 0 Å². The summed E-state index contributed by atoms with van der Waals surface area (Å²) in [5.74, 6) is 3.70. The Balaban J connectivity index is 1.97. The van der Waals surface area contributed by atoms with Gasteiger partial charge in [0, 0.05) is 0 Å². The van der Waals surface area contributed by atoms with Gasteiger partial charge in [0.15, 0.2) is 0 Å². The van der Waals surface area contributed by atoms with E-state index < -0.39 is 0 Å². The van der Waals surface area contributed by atoms with E-state index in [2.05, 4.69) is 13.2 Å². The second-order valence-corrected chi connectivity index (χ2v) is 4.78. The van der Waals surface area contributed by atoms with Gasteiger partial charge in [-0.25, -0.2) is 0 Å². The molecule has 0 heteroatoms. The number of allylic oxidation sites excluding steroid dienone is 2. The lowest BCUT2D eigenvalue weighted by Gasteiger charge is -2.57. The van der Waals surface area contributed by atoms with Crippen LogP contribution in [0.25, 0.3) is 0 Å². The Morgan fingerprint density at radius 1 is 0.750 bits per heavy atom. The van der Waals surface area contributed by atoms with Crippen molar-refractivity contribution >= 4 is 0 Å². The van der Waals surface area contributed by atoms with Gasteiger partial charge < -0.3 is 0 Å². The van der Waals surface area contributed by atoms with Crippen LogP contribution in [0, 0.1) is 23.7 Å². The third-order valence-corrected chi connectivity index (χ3v) is 4.44. The van der Waals surface area contributed by atoms with Gasteiger partial charge in [0.05, 0.1) is 0 Å². The molecule has 0 amide bonds. The van der Waals surface area contributed by atoms with Crippen molar-refractivity contribution in [3.05, 3.63) is 24.3 Å². The van der Waals surface area contributed by atoms with Gasteiger partial charge in [-0.2, -0.15) is 0 Å². The Hall–Kier alpha value is -0.520. The molecule has 0 heterocycles. The second-order valence-electron chi connectivity index (χ2n) is 4.78. The Kier molecular flexibility index (Phi) is 1.18. The Morgan fingerprint density at radius 2 is 1.08 bits per heavy atom. The molecular formula is C12H16. The molecule has 0 aromatic carbocycles. The van der Waals surface area contributed by atoms with Crippen molar-refractivity contribution in [2.75, 3.05) is 0 Å². The van der Waals surface area contributed by atoms with E-state index in [0.717, 1.165) is 23.7 Å². The van der Waals surface area contributed by atoms with Crippen molar-refractivity contribution in [2.45, 2.75) is 25.7 Å². The van der Waals surface area contributed by atoms with Crippen LogP contribution in [-0.4, -0.2) is 0 Å². The lowest BCUT2D eigenvalue weighted by Crippen LogP contribution is -2.48. The maximum Gasteiger partial charge on any atom is -0.00654 e. The first kappa shape index (κ1) is 6.94. The third kappa shape index (κ3) is 0.608. The van der Waals surface area contributed by atoms with Crippen LogP contribution in [0.5, 0.6) is 0 Å². The van der Waals surface area contributed by atoms with Crippen molar-refractivity contribution < 1.29 is 0 Å². The van der Waals surface area contributed by atoms with Crippen LogP contribution >= 0.6 is 0 Å². The normalized spacial score (nSPS) is 50.3. The predicted molar refractivity (Wildman–Crippen MR) is 50.7 cm³/mol. The molecule has 4 aliphatic carbocycles. The fourth-order valence-corrected chi connectivity index (χ4v) is 3.78. The molecular weight excluding hydrogens is 144 g/mol. The van der Waals surface area contributed by atoms with Crippen molar-refractivity contribution in [3.8, 4) is 0 Å². The van der Waals surface area contributed by atoms with Crippen LogP contribution in [0.3, 0.4) is 0 Å². The number of hydrogen-bond acceptors (Lipinski definition) is 0. The van der Waals surface area contributed by atoms with E-state index in [1.54, 1.807) is 0 Å². The van der Waals surface area contributed by atoms with Gasteiger partial charge in [-0.1, -0.05) is 13.2 Å². The summed E-state index contributed by atoms with van der Waals surface area (Å²) in [5.41, 5.74) is 2.80. The van der Waals surface area contributed by atoms with Crippen LogP contribution in [0.4, 0.5) is 0 Å². The minimum absolute atomic E-state index is 0.866. The molecule has 0 nitrogen and oxygen atoms in total. The molecule has 2 atom stereocenters.